The third-order valence-electron chi connectivity index (χ3n) is 5.67. The van der Waals surface area contributed by atoms with E-state index in [9.17, 15) is 0 Å². The number of rotatable bonds is 5. The minimum Gasteiger partial charge on any atom is -0.244 e. The minimum absolute atomic E-state index is 0.636. The lowest BCUT2D eigenvalue weighted by Gasteiger charge is -2.07. The van der Waals surface area contributed by atoms with Crippen LogP contribution in [0.5, 0.6) is 0 Å². The van der Waals surface area contributed by atoms with Crippen molar-refractivity contribution in [3.63, 3.8) is 0 Å². The SMILES string of the molecule is c1cc(-c2cncnc2)cc(-c2ncc(-c3cnc(-c4cccc(-c5cncnc5)c4)nc3)cn2)c1. The van der Waals surface area contributed by atoms with Gasteiger partial charge in [-0.2, -0.15) is 0 Å². The molecule has 0 aliphatic carbocycles. The summed E-state index contributed by atoms with van der Waals surface area (Å²) in [4.78, 5) is 34.7. The normalized spacial score (nSPS) is 10.8. The van der Waals surface area contributed by atoms with Crippen LogP contribution in [0, 0.1) is 0 Å². The van der Waals surface area contributed by atoms with Crippen molar-refractivity contribution in [2.45, 2.75) is 0 Å². The van der Waals surface area contributed by atoms with Crippen LogP contribution in [0.4, 0.5) is 0 Å². The predicted octanol–water partition coefficient (Wildman–Crippen LogP) is 5.18. The molecule has 4 heterocycles. The Morgan fingerprint density at radius 2 is 0.667 bits per heavy atom. The van der Waals surface area contributed by atoms with Crippen LogP contribution in [0.15, 0.2) is 111 Å². The van der Waals surface area contributed by atoms with E-state index in [1.165, 1.54) is 12.7 Å². The van der Waals surface area contributed by atoms with Crippen LogP contribution < -0.4 is 0 Å². The lowest BCUT2D eigenvalue weighted by atomic mass is 10.1. The third kappa shape index (κ3) is 4.43. The highest BCUT2D eigenvalue weighted by molar-refractivity contribution is 5.71. The van der Waals surface area contributed by atoms with Crippen LogP contribution in [0.2, 0.25) is 0 Å². The molecule has 4 aromatic heterocycles. The summed E-state index contributed by atoms with van der Waals surface area (Å²) in [7, 11) is 0. The second-order valence-corrected chi connectivity index (χ2v) is 8.01. The summed E-state index contributed by atoms with van der Waals surface area (Å²) in [6, 6.07) is 16.0. The molecule has 8 heteroatoms. The molecule has 6 aromatic rings. The van der Waals surface area contributed by atoms with Gasteiger partial charge in [-0.05, 0) is 23.3 Å². The van der Waals surface area contributed by atoms with Gasteiger partial charge in [0.2, 0.25) is 0 Å². The molecule has 0 bridgehead atoms. The second-order valence-electron chi connectivity index (χ2n) is 8.01. The van der Waals surface area contributed by atoms with Gasteiger partial charge in [0.05, 0.1) is 0 Å². The molecule has 0 spiro atoms. The summed E-state index contributed by atoms with van der Waals surface area (Å²) in [6.45, 7) is 0. The van der Waals surface area contributed by atoms with E-state index in [-0.39, 0.29) is 0 Å². The van der Waals surface area contributed by atoms with E-state index in [1.54, 1.807) is 49.6 Å². The van der Waals surface area contributed by atoms with Crippen molar-refractivity contribution in [3.8, 4) is 56.2 Å². The standard InChI is InChI=1S/C28H18N8/c1-3-19(23-9-29-17-30-10-23)7-21(5-1)27-33-13-25(14-34-27)26-15-35-28(36-16-26)22-6-2-4-20(8-22)24-11-31-18-32-12-24/h1-18H. The van der Waals surface area contributed by atoms with Crippen molar-refractivity contribution in [2.75, 3.05) is 0 Å². The summed E-state index contributed by atoms with van der Waals surface area (Å²) >= 11 is 0. The lowest BCUT2D eigenvalue weighted by molar-refractivity contribution is 1.15. The van der Waals surface area contributed by atoms with E-state index in [0.717, 1.165) is 44.5 Å². The fraction of sp³-hybridized carbons (Fsp3) is 0. The monoisotopic (exact) mass is 466 g/mol. The van der Waals surface area contributed by atoms with Gasteiger partial charge in [0.25, 0.3) is 0 Å². The van der Waals surface area contributed by atoms with Crippen LogP contribution in [-0.4, -0.2) is 39.9 Å². The molecule has 8 nitrogen and oxygen atoms in total. The van der Waals surface area contributed by atoms with E-state index in [1.807, 2.05) is 48.5 Å². The van der Waals surface area contributed by atoms with Crippen LogP contribution in [0.1, 0.15) is 0 Å². The number of benzene rings is 2. The summed E-state index contributed by atoms with van der Waals surface area (Å²) in [5, 5.41) is 0. The average molecular weight is 467 g/mol. The van der Waals surface area contributed by atoms with Gasteiger partial charge in [-0.1, -0.05) is 36.4 Å². The Kier molecular flexibility index (Phi) is 5.65. The van der Waals surface area contributed by atoms with Gasteiger partial charge in [0, 0.05) is 83.0 Å². The van der Waals surface area contributed by atoms with E-state index in [0.29, 0.717) is 11.6 Å². The Balaban J connectivity index is 1.23. The summed E-state index contributed by atoms with van der Waals surface area (Å²) in [5.41, 5.74) is 7.41. The first-order valence-electron chi connectivity index (χ1n) is 11.2. The van der Waals surface area contributed by atoms with Gasteiger partial charge in [-0.15, -0.1) is 0 Å². The topological polar surface area (TPSA) is 103 Å². The maximum Gasteiger partial charge on any atom is 0.159 e. The van der Waals surface area contributed by atoms with Crippen LogP contribution in [0.25, 0.3) is 56.2 Å². The van der Waals surface area contributed by atoms with Gasteiger partial charge >= 0.3 is 0 Å². The fourth-order valence-corrected chi connectivity index (χ4v) is 3.82. The van der Waals surface area contributed by atoms with Crippen molar-refractivity contribution in [2.24, 2.45) is 0 Å². The Hall–Kier alpha value is -5.24. The van der Waals surface area contributed by atoms with Gasteiger partial charge < -0.3 is 0 Å². The van der Waals surface area contributed by atoms with Crippen LogP contribution >= 0.6 is 0 Å². The van der Waals surface area contributed by atoms with Crippen molar-refractivity contribution in [1.82, 2.24) is 39.9 Å². The van der Waals surface area contributed by atoms with E-state index >= 15 is 0 Å². The van der Waals surface area contributed by atoms with E-state index in [4.69, 9.17) is 0 Å². The van der Waals surface area contributed by atoms with Gasteiger partial charge in [-0.25, -0.2) is 39.9 Å². The molecule has 0 aliphatic rings. The van der Waals surface area contributed by atoms with Crippen molar-refractivity contribution in [1.29, 1.82) is 0 Å². The van der Waals surface area contributed by atoms with Gasteiger partial charge in [-0.3, -0.25) is 0 Å². The second kappa shape index (κ2) is 9.55. The molecule has 0 unspecified atom stereocenters. The van der Waals surface area contributed by atoms with E-state index < -0.39 is 0 Å². The van der Waals surface area contributed by atoms with Crippen molar-refractivity contribution < 1.29 is 0 Å². The highest BCUT2D eigenvalue weighted by Crippen LogP contribution is 2.26. The first-order chi connectivity index (χ1) is 17.8. The Morgan fingerprint density at radius 3 is 1.06 bits per heavy atom. The van der Waals surface area contributed by atoms with Crippen molar-refractivity contribution in [3.05, 3.63) is 111 Å². The highest BCUT2D eigenvalue weighted by Gasteiger charge is 2.08. The van der Waals surface area contributed by atoms with E-state index in [2.05, 4.69) is 39.9 Å². The minimum atomic E-state index is 0.636. The molecule has 0 saturated carbocycles. The Bertz CT molecular complexity index is 1480. The zero-order chi connectivity index (χ0) is 24.2. The summed E-state index contributed by atoms with van der Waals surface area (Å²) in [6.07, 6.45) is 17.3. The molecule has 6 rings (SSSR count). The maximum atomic E-state index is 4.58. The molecule has 36 heavy (non-hydrogen) atoms. The number of aromatic nitrogens is 8. The molecular weight excluding hydrogens is 448 g/mol. The lowest BCUT2D eigenvalue weighted by Crippen LogP contribution is -1.93. The molecular formula is C28H18N8. The molecule has 0 N–H and O–H groups in total. The first-order valence-corrected chi connectivity index (χ1v) is 11.2. The molecule has 0 aliphatic heterocycles. The molecule has 0 radical (unpaired) electrons. The quantitative estimate of drug-likeness (QED) is 0.342. The zero-order valence-electron chi connectivity index (χ0n) is 19.0. The third-order valence-corrected chi connectivity index (χ3v) is 5.67. The Labute approximate surface area is 206 Å². The zero-order valence-corrected chi connectivity index (χ0v) is 19.0. The highest BCUT2D eigenvalue weighted by atomic mass is 14.9. The maximum absolute atomic E-state index is 4.58. The first kappa shape index (κ1) is 21.3. The molecule has 2 aromatic carbocycles. The molecule has 170 valence electrons. The molecule has 0 amide bonds. The number of nitrogens with zero attached hydrogens (tertiary/aromatic N) is 8. The molecule has 0 atom stereocenters. The van der Waals surface area contributed by atoms with Gasteiger partial charge in [0.15, 0.2) is 11.6 Å². The largest absolute Gasteiger partial charge is 0.244 e. The number of hydrogen-bond donors (Lipinski definition) is 0. The van der Waals surface area contributed by atoms with Gasteiger partial charge in [0.1, 0.15) is 12.7 Å². The smallest absolute Gasteiger partial charge is 0.159 e. The number of hydrogen-bond acceptors (Lipinski definition) is 8. The Morgan fingerprint density at radius 1 is 0.333 bits per heavy atom. The van der Waals surface area contributed by atoms with Crippen LogP contribution in [0.3, 0.4) is 0 Å². The average Bonchev–Trinajstić information content (AvgIpc) is 2.98. The van der Waals surface area contributed by atoms with Crippen LogP contribution in [-0.2, 0) is 0 Å². The summed E-state index contributed by atoms with van der Waals surface area (Å²) in [5.74, 6) is 1.27. The fourth-order valence-electron chi connectivity index (χ4n) is 3.82. The summed E-state index contributed by atoms with van der Waals surface area (Å²) < 4.78 is 0. The van der Waals surface area contributed by atoms with Crippen molar-refractivity contribution >= 4 is 0 Å². The molecule has 0 saturated heterocycles. The predicted molar refractivity (Wildman–Crippen MR) is 136 cm³/mol. The molecule has 0 fully saturated rings.